The molecule has 150 heavy (non-hydrogen) atoms. The van der Waals surface area contributed by atoms with E-state index in [-0.39, 0.29) is 149 Å². The van der Waals surface area contributed by atoms with Gasteiger partial charge < -0.3 is 115 Å². The highest BCUT2D eigenvalue weighted by atomic mass is 16.6. The Morgan fingerprint density at radius 1 is 0.260 bits per heavy atom. The van der Waals surface area contributed by atoms with Crippen LogP contribution in [0, 0.1) is 94.0 Å². The number of epoxide rings is 6. The van der Waals surface area contributed by atoms with Crippen LogP contribution >= 0.6 is 0 Å². The molecule has 0 aromatic heterocycles. The van der Waals surface area contributed by atoms with E-state index in [1.807, 2.05) is 24.3 Å². The third kappa shape index (κ3) is 33.0. The third-order valence-electron chi connectivity index (χ3n) is 24.7. The summed E-state index contributed by atoms with van der Waals surface area (Å²) in [4.78, 5) is 193. The first kappa shape index (κ1) is 110. The Morgan fingerprint density at radius 3 is 0.547 bits per heavy atom. The zero-order chi connectivity index (χ0) is 107. The molecule has 6 aromatic rings. The van der Waals surface area contributed by atoms with Gasteiger partial charge in [-0.1, -0.05) is 72.8 Å². The second-order valence-corrected chi connectivity index (χ2v) is 35.5. The fourth-order valence-corrected chi connectivity index (χ4v) is 15.4. The van der Waals surface area contributed by atoms with E-state index >= 15 is 28.8 Å². The van der Waals surface area contributed by atoms with Crippen LogP contribution in [0.4, 0.5) is 34.1 Å². The van der Waals surface area contributed by atoms with Crippen LogP contribution in [0.1, 0.15) is 33.4 Å². The van der Waals surface area contributed by atoms with Crippen molar-refractivity contribution in [1.29, 1.82) is 21.0 Å². The van der Waals surface area contributed by atoms with Gasteiger partial charge in [0.1, 0.15) is 162 Å². The first-order valence-electron chi connectivity index (χ1n) is 47.7. The number of anilines is 6. The Balaban J connectivity index is 0.879. The van der Waals surface area contributed by atoms with Crippen molar-refractivity contribution in [3.05, 3.63) is 235 Å². The van der Waals surface area contributed by atoms with Crippen LogP contribution in [0.5, 0.6) is 0 Å². The van der Waals surface area contributed by atoms with Crippen LogP contribution in [0.3, 0.4) is 0 Å². The zero-order valence-electron chi connectivity index (χ0n) is 82.8. The maximum Gasteiger partial charge on any atom is 0.348 e. The summed E-state index contributed by atoms with van der Waals surface area (Å²) in [6, 6.07) is 46.2. The van der Waals surface area contributed by atoms with Gasteiger partial charge in [0.25, 0.3) is 11.4 Å². The van der Waals surface area contributed by atoms with E-state index in [4.69, 9.17) is 98.4 Å². The minimum Gasteiger partial charge on any atom is -0.468 e. The van der Waals surface area contributed by atoms with Crippen molar-refractivity contribution in [1.82, 2.24) is 0 Å². The molecule has 7 fully saturated rings. The summed E-state index contributed by atoms with van der Waals surface area (Å²) in [5, 5.41) is 39.9. The molecule has 6 saturated heterocycles. The minimum atomic E-state index is -2.42. The minimum absolute atomic E-state index is 0.0422. The van der Waals surface area contributed by atoms with Gasteiger partial charge in [-0.2, -0.15) is 21.0 Å². The van der Waals surface area contributed by atoms with Gasteiger partial charge in [0, 0.05) is 76.4 Å². The fourth-order valence-electron chi connectivity index (χ4n) is 15.4. The summed E-state index contributed by atoms with van der Waals surface area (Å²) in [6.07, 6.45) is 6.33. The Kier molecular flexibility index (Phi) is 39.5. The van der Waals surface area contributed by atoms with Crippen molar-refractivity contribution >= 4 is 142 Å². The molecule has 0 N–H and O–H groups in total. The van der Waals surface area contributed by atoms with Gasteiger partial charge in [0.05, 0.1) is 128 Å². The number of hydrogen-bond acceptors (Lipinski definition) is 40. The normalized spacial score (nSPS) is 20.1. The van der Waals surface area contributed by atoms with E-state index in [9.17, 15) is 49.8 Å². The molecule has 0 amide bonds. The van der Waals surface area contributed by atoms with Gasteiger partial charge >= 0.3 is 71.6 Å². The Labute approximate surface area is 863 Å². The van der Waals surface area contributed by atoms with E-state index < -0.39 is 147 Å². The number of likely N-dealkylation sites (N-methyl/N-ethyl adjacent to an activating group) is 6. The number of nitriles is 4. The molecule has 7 aliphatic rings. The second-order valence-electron chi connectivity index (χ2n) is 35.5. The van der Waals surface area contributed by atoms with Gasteiger partial charge in [-0.3, -0.25) is 38.4 Å². The van der Waals surface area contributed by atoms with Gasteiger partial charge in [0.15, 0.2) is 0 Å². The van der Waals surface area contributed by atoms with Crippen molar-refractivity contribution in [3.63, 3.8) is 0 Å². The standard InChI is InChI=1S/C108H108N12O30/c1-113-89(101(125)149-65-87-59-143-87)49-71-17-29-81(30-18-71)119(7)37-43-137-107(131)95-93(105(129)135-41-35-117(5)79-25-13-69(14-26-79)47-75(53-111)99(123)147-63-85-57-141-85)91(103(127)133-39-33-115(3)77-21-9-67(10-22-77)45-73(51-109)97(121)145-61-83-55-139-83)92(104(128)134-40-34-116(4)78-23-11-68(12-24-78)46-74(52-110)98(122)146-62-84-56-140-84)94(106(130)136-42-36-118(6)80-27-15-70(16-28-80)48-76(54-112)100(124)148-64-86-58-142-86)96(95)108(132)138-44-38-120(8)82-31-19-72(20-32-82)50-90(114-2)102(126)150-66-88-60-144-88/h9-32,45-50,83-88,91-96H,33-44,55-66H2,3-8H3/b73-45+,74-46+,75-47+,76-48+,89-49-,90-50-. The van der Waals surface area contributed by atoms with Crippen molar-refractivity contribution in [2.24, 2.45) is 35.5 Å². The molecule has 12 atom stereocenters. The van der Waals surface area contributed by atoms with Gasteiger partial charge in [-0.05, 0) is 143 Å². The highest BCUT2D eigenvalue weighted by Gasteiger charge is 2.67. The van der Waals surface area contributed by atoms with Crippen molar-refractivity contribution < 1.29 is 143 Å². The lowest BCUT2D eigenvalue weighted by Gasteiger charge is -2.45. The molecule has 6 aliphatic heterocycles. The number of nitrogens with zero attached hydrogens (tertiary/aromatic N) is 12. The average Bonchev–Trinajstić information content (AvgIpc) is 0.753. The Morgan fingerprint density at radius 2 is 0.407 bits per heavy atom. The largest absolute Gasteiger partial charge is 0.468 e. The molecule has 0 bridgehead atoms. The summed E-state index contributed by atoms with van der Waals surface area (Å²) in [6.45, 7) is 12.9. The number of esters is 12. The number of ether oxygens (including phenoxy) is 18. The number of carbonyl (C=O) groups is 12. The maximum atomic E-state index is 16.5. The van der Waals surface area contributed by atoms with Crippen LogP contribution in [0.25, 0.3) is 46.1 Å². The molecule has 1 saturated carbocycles. The SMILES string of the molecule is [C-]#[N+]/C(=C\c1ccc(N(C)CCOC(=O)C2C(C(=O)OCCN(C)c3ccc(/C=C(\[N+]#[C-])C(=O)OCC4CO4)cc3)C(C(=O)OCCN(C)c3ccc(/C=C(\C#N)C(=O)OCC4CO4)cc3)C(C(=O)OCCN(C)c3ccc(/C=C(\C#N)C(=O)OCC4CO4)cc3)C(C(=O)OCCN(C)c3ccc(/C=C(\C#N)C(=O)OCC4CO4)cc3)C2C(=O)OCCN(C)c2ccc(/C=C(\C#N)C(=O)OCC3CO3)cc2)cc1)C(=O)OCC1CO1. The predicted octanol–water partition coefficient (Wildman–Crippen LogP) is 7.58. The molecule has 0 spiro atoms. The highest BCUT2D eigenvalue weighted by molar-refractivity contribution is 6.02. The van der Waals surface area contributed by atoms with Crippen LogP contribution in [0.15, 0.2) is 179 Å². The number of benzene rings is 6. The molecule has 42 heteroatoms. The van der Waals surface area contributed by atoms with Crippen LogP contribution < -0.4 is 29.4 Å². The lowest BCUT2D eigenvalue weighted by molar-refractivity contribution is -0.199. The van der Waals surface area contributed by atoms with E-state index in [1.165, 1.54) is 36.5 Å². The molecule has 6 heterocycles. The van der Waals surface area contributed by atoms with Crippen LogP contribution in [-0.2, 0) is 143 Å². The van der Waals surface area contributed by atoms with E-state index in [2.05, 4.69) is 9.69 Å². The molecule has 1 aliphatic carbocycles. The number of rotatable bonds is 54. The first-order chi connectivity index (χ1) is 72.5. The molecule has 780 valence electrons. The van der Waals surface area contributed by atoms with Gasteiger partial charge in [-0.25, -0.2) is 28.9 Å². The second kappa shape index (κ2) is 53.8. The fraction of sp³-hybridized carbons (Fsp3) is 0.389. The summed E-state index contributed by atoms with van der Waals surface area (Å²) in [7, 11) is 9.70. The molecule has 0 radical (unpaired) electrons. The van der Waals surface area contributed by atoms with Crippen LogP contribution in [-0.4, -0.2) is 309 Å². The summed E-state index contributed by atoms with van der Waals surface area (Å²) >= 11 is 0. The van der Waals surface area contributed by atoms with Crippen LogP contribution in [0.2, 0.25) is 0 Å². The van der Waals surface area contributed by atoms with E-state index in [0.717, 1.165) is 0 Å². The molecule has 6 aromatic carbocycles. The van der Waals surface area contributed by atoms with E-state index in [1.54, 1.807) is 217 Å². The molecular formula is C108H108N12O30. The molecule has 12 unspecified atom stereocenters. The van der Waals surface area contributed by atoms with Crippen molar-refractivity contribution in [2.45, 2.75) is 36.6 Å². The topological polar surface area (TPSA) is 514 Å². The number of carbonyl (C=O) groups excluding carboxylic acids is 12. The highest BCUT2D eigenvalue weighted by Crippen LogP contribution is 2.50. The van der Waals surface area contributed by atoms with Crippen molar-refractivity contribution in [3.8, 4) is 24.3 Å². The Bertz CT molecular complexity index is 5360. The first-order valence-corrected chi connectivity index (χ1v) is 47.7. The monoisotopic (exact) mass is 2050 g/mol. The predicted molar refractivity (Wildman–Crippen MR) is 533 cm³/mol. The Hall–Kier alpha value is -17.1. The van der Waals surface area contributed by atoms with Crippen molar-refractivity contribution in [2.75, 3.05) is 230 Å². The average molecular weight is 2050 g/mol. The number of hydrogen-bond donors (Lipinski definition) is 0. The quantitative estimate of drug-likeness (QED) is 0.00886. The summed E-state index contributed by atoms with van der Waals surface area (Å²) in [5.74, 6) is -28.3. The zero-order valence-corrected chi connectivity index (χ0v) is 82.8. The summed E-state index contributed by atoms with van der Waals surface area (Å²) < 4.78 is 100.0. The van der Waals surface area contributed by atoms with Gasteiger partial charge in [0.2, 0.25) is 0 Å². The van der Waals surface area contributed by atoms with Gasteiger partial charge in [-0.15, -0.1) is 0 Å². The van der Waals surface area contributed by atoms with E-state index in [0.29, 0.717) is 107 Å². The molecule has 42 nitrogen and oxygen atoms in total. The maximum absolute atomic E-state index is 16.5. The smallest absolute Gasteiger partial charge is 0.348 e. The molecule has 13 rings (SSSR count). The summed E-state index contributed by atoms with van der Waals surface area (Å²) in [5.41, 5.74) is 3.52. The molecular weight excluding hydrogens is 1950 g/mol. The third-order valence-corrected chi connectivity index (χ3v) is 24.7. The lowest BCUT2D eigenvalue weighted by atomic mass is 9.56. The lowest BCUT2D eigenvalue weighted by Crippen LogP contribution is -2.61.